The molecular formula is C22H29N3O2. The summed E-state index contributed by atoms with van der Waals surface area (Å²) in [5, 5.41) is 15.8. The van der Waals surface area contributed by atoms with Crippen LogP contribution in [0.25, 0.3) is 0 Å². The summed E-state index contributed by atoms with van der Waals surface area (Å²) in [6.45, 7) is 0.637. The number of hydrogen-bond donors (Lipinski definition) is 1. The Morgan fingerprint density at radius 1 is 1.26 bits per heavy atom. The van der Waals surface area contributed by atoms with Gasteiger partial charge in [-0.15, -0.1) is 0 Å². The predicted octanol–water partition coefficient (Wildman–Crippen LogP) is 3.03. The number of rotatable bonds is 4. The Labute approximate surface area is 161 Å². The van der Waals surface area contributed by atoms with Crippen LogP contribution in [0, 0.1) is 5.92 Å². The topological polar surface area (TPSA) is 58.4 Å². The number of aliphatic hydroxyl groups is 1. The van der Waals surface area contributed by atoms with E-state index in [1.807, 2.05) is 49.8 Å². The Balaban J connectivity index is 1.50. The van der Waals surface area contributed by atoms with Gasteiger partial charge in [0.25, 0.3) is 0 Å². The monoisotopic (exact) mass is 367 g/mol. The van der Waals surface area contributed by atoms with E-state index in [1.165, 1.54) is 0 Å². The molecular weight excluding hydrogens is 338 g/mol. The molecule has 1 amide bonds. The number of aryl methyl sites for hydroxylation is 2. The average Bonchev–Trinajstić information content (AvgIpc) is 3.12. The van der Waals surface area contributed by atoms with Crippen molar-refractivity contribution in [2.75, 3.05) is 6.54 Å². The smallest absolute Gasteiger partial charge is 0.223 e. The van der Waals surface area contributed by atoms with Crippen LogP contribution in [-0.4, -0.2) is 38.3 Å². The fraction of sp³-hybridized carbons (Fsp3) is 0.545. The number of aromatic nitrogens is 2. The van der Waals surface area contributed by atoms with Gasteiger partial charge in [-0.1, -0.05) is 43.2 Å². The fourth-order valence-electron chi connectivity index (χ4n) is 5.07. The largest absolute Gasteiger partial charge is 0.385 e. The van der Waals surface area contributed by atoms with Crippen molar-refractivity contribution in [1.82, 2.24) is 14.7 Å². The second-order valence-electron chi connectivity index (χ2n) is 8.11. The van der Waals surface area contributed by atoms with E-state index >= 15 is 0 Å². The summed E-state index contributed by atoms with van der Waals surface area (Å²) in [4.78, 5) is 15.1. The Hall–Kier alpha value is -2.14. The summed E-state index contributed by atoms with van der Waals surface area (Å²) in [7, 11) is 1.90. The summed E-state index contributed by atoms with van der Waals surface area (Å²) >= 11 is 0. The zero-order valence-corrected chi connectivity index (χ0v) is 16.1. The van der Waals surface area contributed by atoms with Crippen molar-refractivity contribution in [1.29, 1.82) is 0 Å². The van der Waals surface area contributed by atoms with Crippen molar-refractivity contribution in [2.45, 2.75) is 56.6 Å². The Bertz CT molecular complexity index is 788. The van der Waals surface area contributed by atoms with Crippen molar-refractivity contribution in [2.24, 2.45) is 13.0 Å². The normalized spacial score (nSPS) is 28.0. The summed E-state index contributed by atoms with van der Waals surface area (Å²) in [5.74, 6) is 0.343. The fourth-order valence-corrected chi connectivity index (χ4v) is 5.07. The van der Waals surface area contributed by atoms with Crippen molar-refractivity contribution in [3.63, 3.8) is 0 Å². The summed E-state index contributed by atoms with van der Waals surface area (Å²) in [6, 6.07) is 10.2. The minimum atomic E-state index is -0.813. The second kappa shape index (κ2) is 7.47. The molecule has 1 aromatic heterocycles. The number of fused-ring (bicyclic) bond motifs is 1. The van der Waals surface area contributed by atoms with E-state index < -0.39 is 5.60 Å². The highest BCUT2D eigenvalue weighted by molar-refractivity contribution is 5.77. The molecule has 1 N–H and O–H groups in total. The molecule has 1 aliphatic carbocycles. The highest BCUT2D eigenvalue weighted by atomic mass is 16.3. The molecule has 4 rings (SSSR count). The average molecular weight is 367 g/mol. The maximum Gasteiger partial charge on any atom is 0.223 e. The molecule has 1 saturated carbocycles. The van der Waals surface area contributed by atoms with Crippen LogP contribution >= 0.6 is 0 Å². The molecule has 1 aromatic carbocycles. The lowest BCUT2D eigenvalue weighted by Crippen LogP contribution is -2.59. The molecule has 2 aromatic rings. The van der Waals surface area contributed by atoms with Crippen LogP contribution < -0.4 is 0 Å². The first-order chi connectivity index (χ1) is 13.1. The van der Waals surface area contributed by atoms with Crippen LogP contribution in [0.15, 0.2) is 42.7 Å². The minimum Gasteiger partial charge on any atom is -0.385 e. The maximum atomic E-state index is 13.0. The molecule has 2 heterocycles. The highest BCUT2D eigenvalue weighted by Crippen LogP contribution is 2.47. The molecule has 0 radical (unpaired) electrons. The number of likely N-dealkylation sites (tertiary alicyclic amines) is 1. The Morgan fingerprint density at radius 3 is 2.78 bits per heavy atom. The van der Waals surface area contributed by atoms with E-state index in [0.29, 0.717) is 19.4 Å². The molecule has 5 nitrogen and oxygen atoms in total. The molecule has 0 bridgehead atoms. The van der Waals surface area contributed by atoms with Crippen LogP contribution in [-0.2, 0) is 23.9 Å². The summed E-state index contributed by atoms with van der Waals surface area (Å²) in [5.41, 5.74) is 1.29. The zero-order chi connectivity index (χ0) is 18.9. The zero-order valence-electron chi connectivity index (χ0n) is 16.1. The number of piperidine rings is 1. The lowest BCUT2D eigenvalue weighted by molar-refractivity contribution is -0.154. The van der Waals surface area contributed by atoms with Gasteiger partial charge in [-0.2, -0.15) is 5.10 Å². The van der Waals surface area contributed by atoms with Crippen LogP contribution in [0.1, 0.15) is 49.7 Å². The van der Waals surface area contributed by atoms with Gasteiger partial charge in [0.15, 0.2) is 0 Å². The van der Waals surface area contributed by atoms with E-state index in [0.717, 1.165) is 43.2 Å². The number of nitrogens with zero attached hydrogens (tertiary/aromatic N) is 3. The number of hydrogen-bond acceptors (Lipinski definition) is 3. The molecule has 0 spiro atoms. The van der Waals surface area contributed by atoms with Crippen molar-refractivity contribution in [3.8, 4) is 0 Å². The van der Waals surface area contributed by atoms with Crippen LogP contribution in [0.4, 0.5) is 0 Å². The first kappa shape index (κ1) is 18.2. The quantitative estimate of drug-likeness (QED) is 0.904. The lowest BCUT2D eigenvalue weighted by Gasteiger charge is -2.52. The van der Waals surface area contributed by atoms with E-state index in [9.17, 15) is 9.90 Å². The lowest BCUT2D eigenvalue weighted by atomic mass is 9.66. The van der Waals surface area contributed by atoms with Gasteiger partial charge in [-0.05, 0) is 36.8 Å². The third-order valence-electron chi connectivity index (χ3n) is 6.46. The van der Waals surface area contributed by atoms with E-state index in [-0.39, 0.29) is 17.9 Å². The first-order valence-corrected chi connectivity index (χ1v) is 10.1. The summed E-state index contributed by atoms with van der Waals surface area (Å²) in [6.07, 6.45) is 9.93. The summed E-state index contributed by atoms with van der Waals surface area (Å²) < 4.78 is 1.78. The van der Waals surface area contributed by atoms with Gasteiger partial charge < -0.3 is 10.0 Å². The predicted molar refractivity (Wildman–Crippen MR) is 104 cm³/mol. The van der Waals surface area contributed by atoms with Crippen molar-refractivity contribution in [3.05, 3.63) is 53.9 Å². The van der Waals surface area contributed by atoms with E-state index in [2.05, 4.69) is 10.00 Å². The Morgan fingerprint density at radius 2 is 2.04 bits per heavy atom. The van der Waals surface area contributed by atoms with Gasteiger partial charge in [-0.25, -0.2) is 0 Å². The van der Waals surface area contributed by atoms with Crippen LogP contribution in [0.5, 0.6) is 0 Å². The van der Waals surface area contributed by atoms with E-state index in [1.54, 1.807) is 4.68 Å². The number of amides is 1. The SMILES string of the molecule is Cn1cc(CCC(=O)N2CC[C@@](O)(c3ccccc3)[C@H]3CCCC[C@@H]32)cn1. The van der Waals surface area contributed by atoms with Gasteiger partial charge in [0.2, 0.25) is 5.91 Å². The van der Waals surface area contributed by atoms with Gasteiger partial charge in [0, 0.05) is 38.2 Å². The molecule has 2 fully saturated rings. The number of benzene rings is 1. The molecule has 0 unspecified atom stereocenters. The van der Waals surface area contributed by atoms with Crippen molar-refractivity contribution >= 4 is 5.91 Å². The molecule has 2 aliphatic rings. The minimum absolute atomic E-state index is 0.129. The third-order valence-corrected chi connectivity index (χ3v) is 6.46. The molecule has 27 heavy (non-hydrogen) atoms. The van der Waals surface area contributed by atoms with Gasteiger partial charge in [0.05, 0.1) is 11.8 Å². The van der Waals surface area contributed by atoms with Crippen LogP contribution in [0.3, 0.4) is 0 Å². The van der Waals surface area contributed by atoms with Crippen LogP contribution in [0.2, 0.25) is 0 Å². The van der Waals surface area contributed by atoms with Crippen molar-refractivity contribution < 1.29 is 9.90 Å². The highest BCUT2D eigenvalue weighted by Gasteiger charge is 2.50. The molecule has 144 valence electrons. The number of carbonyl (C=O) groups excluding carboxylic acids is 1. The maximum absolute atomic E-state index is 13.0. The molecule has 5 heteroatoms. The number of carbonyl (C=O) groups is 1. The van der Waals surface area contributed by atoms with Gasteiger partial charge >= 0.3 is 0 Å². The second-order valence-corrected chi connectivity index (χ2v) is 8.11. The molecule has 1 saturated heterocycles. The Kier molecular flexibility index (Phi) is 5.04. The first-order valence-electron chi connectivity index (χ1n) is 10.1. The van der Waals surface area contributed by atoms with Gasteiger partial charge in [-0.3, -0.25) is 9.48 Å². The van der Waals surface area contributed by atoms with E-state index in [4.69, 9.17) is 0 Å². The molecule has 1 aliphatic heterocycles. The standard InChI is InChI=1S/C22H29N3O2/c1-24-16-17(15-23-24)11-12-21(26)25-14-13-22(27,18-7-3-2-4-8-18)19-9-5-6-10-20(19)25/h2-4,7-8,15-16,19-20,27H,5-6,9-14H2,1H3/t19-,20-,22+/m0/s1. The van der Waals surface area contributed by atoms with Gasteiger partial charge in [0.1, 0.15) is 0 Å². The third kappa shape index (κ3) is 3.53. The molecule has 3 atom stereocenters.